The molecule has 0 spiro atoms. The van der Waals surface area contributed by atoms with Crippen molar-refractivity contribution in [1.82, 2.24) is 15.1 Å². The number of hydrogen-bond acceptors (Lipinski definition) is 4. The quantitative estimate of drug-likeness (QED) is 0.439. The average molecular weight is 430 g/mol. The molecule has 0 saturated carbocycles. The molecule has 2 heterocycles. The van der Waals surface area contributed by atoms with Gasteiger partial charge >= 0.3 is 12.0 Å². The Bertz CT molecular complexity index is 812. The maximum atomic E-state index is 12.8. The predicted octanol–water partition coefficient (Wildman–Crippen LogP) is 2.55. The van der Waals surface area contributed by atoms with Crippen LogP contribution in [0.5, 0.6) is 0 Å². The number of carbonyl (C=O) groups excluding carboxylic acids is 3. The molecule has 1 aromatic rings. The summed E-state index contributed by atoms with van der Waals surface area (Å²) in [5.74, 6) is -1.59. The lowest BCUT2D eigenvalue weighted by Crippen LogP contribution is -2.44. The van der Waals surface area contributed by atoms with E-state index in [4.69, 9.17) is 0 Å². The van der Waals surface area contributed by atoms with Gasteiger partial charge in [0.15, 0.2) is 0 Å². The zero-order valence-electron chi connectivity index (χ0n) is 18.2. The fraction of sp³-hybridized carbons (Fsp3) is 0.565. The van der Waals surface area contributed by atoms with Gasteiger partial charge in [0, 0.05) is 25.9 Å². The van der Waals surface area contributed by atoms with Crippen molar-refractivity contribution in [3.63, 3.8) is 0 Å². The van der Waals surface area contributed by atoms with Gasteiger partial charge in [0.05, 0.1) is 0 Å². The van der Waals surface area contributed by atoms with Crippen molar-refractivity contribution in [2.45, 2.75) is 71.0 Å². The average Bonchev–Trinajstić information content (AvgIpc) is 2.99. The molecule has 3 rings (SSSR count). The van der Waals surface area contributed by atoms with Gasteiger partial charge in [-0.2, -0.15) is 0 Å². The second kappa shape index (κ2) is 9.94. The van der Waals surface area contributed by atoms with Crippen molar-refractivity contribution in [3.8, 4) is 0 Å². The second-order valence-electron chi connectivity index (χ2n) is 8.47. The lowest BCUT2D eigenvalue weighted by atomic mass is 9.95. The van der Waals surface area contributed by atoms with Crippen molar-refractivity contribution < 1.29 is 24.3 Å². The smallest absolute Gasteiger partial charge is 0.327 e. The van der Waals surface area contributed by atoms with E-state index < -0.39 is 18.1 Å². The summed E-state index contributed by atoms with van der Waals surface area (Å²) in [5, 5.41) is 11.9. The predicted molar refractivity (Wildman–Crippen MR) is 114 cm³/mol. The van der Waals surface area contributed by atoms with Crippen LogP contribution in [-0.4, -0.2) is 57.3 Å². The molecule has 1 saturated heterocycles. The summed E-state index contributed by atoms with van der Waals surface area (Å²) in [7, 11) is 0. The van der Waals surface area contributed by atoms with E-state index in [1.807, 2.05) is 31.2 Å². The standard InChI is InChI=1S/C23H31N3O5/c1-3-15(2)20(22(29)30)24-19(27)11-5-4-8-12-25-21(28)18-13-16-9-6-7-10-17(16)14-26(18)23(25)31/h6-7,9-10,15,18,20H,3-5,8,11-14H2,1-2H3,(H,24,27)(H,29,30)/t15-,18-,20+/m1/s1. The highest BCUT2D eigenvalue weighted by Crippen LogP contribution is 2.30. The first-order valence-electron chi connectivity index (χ1n) is 11.0. The largest absolute Gasteiger partial charge is 0.480 e. The monoisotopic (exact) mass is 429 g/mol. The first-order chi connectivity index (χ1) is 14.8. The van der Waals surface area contributed by atoms with Crippen molar-refractivity contribution in [2.24, 2.45) is 5.92 Å². The fourth-order valence-corrected chi connectivity index (χ4v) is 4.24. The third-order valence-electron chi connectivity index (χ3n) is 6.36. The SMILES string of the molecule is CC[C@@H](C)[C@H](NC(=O)CCCCCN1C(=O)[C@H]2Cc3ccccc3CN2C1=O)C(=O)O. The number of hydrogen-bond donors (Lipinski definition) is 2. The molecule has 0 aromatic heterocycles. The van der Waals surface area contributed by atoms with E-state index in [0.29, 0.717) is 45.2 Å². The number of nitrogens with zero attached hydrogens (tertiary/aromatic N) is 2. The number of amides is 4. The summed E-state index contributed by atoms with van der Waals surface area (Å²) < 4.78 is 0. The Kier molecular flexibility index (Phi) is 7.30. The zero-order chi connectivity index (χ0) is 22.5. The van der Waals surface area contributed by atoms with Gasteiger partial charge in [-0.1, -0.05) is 51.0 Å². The summed E-state index contributed by atoms with van der Waals surface area (Å²) in [6.07, 6.45) is 3.32. The van der Waals surface area contributed by atoms with Crippen LogP contribution >= 0.6 is 0 Å². The zero-order valence-corrected chi connectivity index (χ0v) is 18.2. The highest BCUT2D eigenvalue weighted by molar-refractivity contribution is 6.04. The van der Waals surface area contributed by atoms with Crippen LogP contribution in [0.1, 0.15) is 57.1 Å². The first kappa shape index (κ1) is 22.8. The Morgan fingerprint density at radius 2 is 1.87 bits per heavy atom. The molecular weight excluding hydrogens is 398 g/mol. The Hall–Kier alpha value is -2.90. The summed E-state index contributed by atoms with van der Waals surface area (Å²) in [6.45, 7) is 4.49. The number of urea groups is 1. The van der Waals surface area contributed by atoms with Crippen molar-refractivity contribution in [2.75, 3.05) is 6.54 Å². The Morgan fingerprint density at radius 3 is 2.55 bits per heavy atom. The first-order valence-corrected chi connectivity index (χ1v) is 11.0. The molecule has 3 atom stereocenters. The molecule has 8 nitrogen and oxygen atoms in total. The minimum absolute atomic E-state index is 0.140. The van der Waals surface area contributed by atoms with Gasteiger partial charge in [-0.25, -0.2) is 9.59 Å². The number of nitrogens with one attached hydrogen (secondary N) is 1. The molecule has 31 heavy (non-hydrogen) atoms. The molecule has 4 amide bonds. The van der Waals surface area contributed by atoms with Crippen LogP contribution in [-0.2, 0) is 27.3 Å². The third kappa shape index (κ3) is 5.06. The maximum absolute atomic E-state index is 12.8. The molecule has 0 unspecified atom stereocenters. The van der Waals surface area contributed by atoms with Crippen LogP contribution in [0, 0.1) is 5.92 Å². The van der Waals surface area contributed by atoms with Crippen LogP contribution in [0.4, 0.5) is 4.79 Å². The molecule has 1 aromatic carbocycles. The number of carbonyl (C=O) groups is 4. The number of benzene rings is 1. The van der Waals surface area contributed by atoms with Gasteiger partial charge in [-0.05, 0) is 29.9 Å². The summed E-state index contributed by atoms with van der Waals surface area (Å²) >= 11 is 0. The topological polar surface area (TPSA) is 107 Å². The van der Waals surface area contributed by atoms with E-state index in [1.54, 1.807) is 11.8 Å². The van der Waals surface area contributed by atoms with E-state index in [9.17, 15) is 24.3 Å². The Morgan fingerprint density at radius 1 is 1.16 bits per heavy atom. The van der Waals surface area contributed by atoms with Gasteiger partial charge in [0.2, 0.25) is 5.91 Å². The summed E-state index contributed by atoms with van der Waals surface area (Å²) in [5.41, 5.74) is 2.21. The highest BCUT2D eigenvalue weighted by Gasteiger charge is 2.46. The number of aliphatic carboxylic acids is 1. The van der Waals surface area contributed by atoms with E-state index in [1.165, 1.54) is 4.90 Å². The van der Waals surface area contributed by atoms with Gasteiger partial charge in [0.25, 0.3) is 5.91 Å². The summed E-state index contributed by atoms with van der Waals surface area (Å²) in [6, 6.07) is 6.37. The van der Waals surface area contributed by atoms with Crippen LogP contribution in [0.15, 0.2) is 24.3 Å². The lowest BCUT2D eigenvalue weighted by molar-refractivity contribution is -0.143. The van der Waals surface area contributed by atoms with Crippen LogP contribution in [0.3, 0.4) is 0 Å². The van der Waals surface area contributed by atoms with Crippen molar-refractivity contribution in [1.29, 1.82) is 0 Å². The Balaban J connectivity index is 1.42. The second-order valence-corrected chi connectivity index (χ2v) is 8.47. The van der Waals surface area contributed by atoms with Crippen LogP contribution in [0.2, 0.25) is 0 Å². The summed E-state index contributed by atoms with van der Waals surface area (Å²) in [4.78, 5) is 51.9. The molecule has 0 aliphatic carbocycles. The number of carboxylic acid groups (broad SMARTS) is 1. The Labute approximate surface area is 182 Å². The van der Waals surface area contributed by atoms with E-state index >= 15 is 0 Å². The van der Waals surface area contributed by atoms with E-state index in [-0.39, 0.29) is 30.2 Å². The van der Waals surface area contributed by atoms with Crippen molar-refractivity contribution >= 4 is 23.8 Å². The lowest BCUT2D eigenvalue weighted by Gasteiger charge is -2.28. The minimum atomic E-state index is -1.02. The van der Waals surface area contributed by atoms with Gasteiger partial charge in [0.1, 0.15) is 12.1 Å². The molecule has 8 heteroatoms. The fourth-order valence-electron chi connectivity index (χ4n) is 4.24. The number of rotatable bonds is 10. The van der Waals surface area contributed by atoms with Gasteiger partial charge < -0.3 is 15.3 Å². The molecule has 1 fully saturated rings. The van der Waals surface area contributed by atoms with Crippen molar-refractivity contribution in [3.05, 3.63) is 35.4 Å². The maximum Gasteiger partial charge on any atom is 0.327 e. The van der Waals surface area contributed by atoms with Gasteiger partial charge in [-0.3, -0.25) is 14.5 Å². The molecule has 0 bridgehead atoms. The number of fused-ring (bicyclic) bond motifs is 2. The van der Waals surface area contributed by atoms with E-state index in [0.717, 1.165) is 11.1 Å². The molecule has 2 N–H and O–H groups in total. The normalized spacial score (nSPS) is 19.6. The number of unbranched alkanes of at least 4 members (excludes halogenated alkanes) is 2. The number of carboxylic acids is 1. The van der Waals surface area contributed by atoms with Crippen LogP contribution < -0.4 is 5.32 Å². The molecule has 2 aliphatic rings. The molecular formula is C23H31N3O5. The molecule has 168 valence electrons. The molecule has 0 radical (unpaired) electrons. The molecule has 2 aliphatic heterocycles. The number of imide groups is 1. The minimum Gasteiger partial charge on any atom is -0.480 e. The van der Waals surface area contributed by atoms with E-state index in [2.05, 4.69) is 5.32 Å². The van der Waals surface area contributed by atoms with Gasteiger partial charge in [-0.15, -0.1) is 0 Å². The highest BCUT2D eigenvalue weighted by atomic mass is 16.4. The third-order valence-corrected chi connectivity index (χ3v) is 6.36. The van der Waals surface area contributed by atoms with Crippen LogP contribution in [0.25, 0.3) is 0 Å².